The summed E-state index contributed by atoms with van der Waals surface area (Å²) in [5.41, 5.74) is 0. The molecule has 0 aliphatic heterocycles. The van der Waals surface area contributed by atoms with E-state index in [1.54, 1.807) is 0 Å². The molecule has 2 N–H and O–H groups in total. The van der Waals surface area contributed by atoms with Gasteiger partial charge in [-0.25, -0.2) is 0 Å². The summed E-state index contributed by atoms with van der Waals surface area (Å²) >= 11 is 0. The van der Waals surface area contributed by atoms with E-state index in [0.717, 1.165) is 12.8 Å². The van der Waals surface area contributed by atoms with E-state index in [1.807, 2.05) is 0 Å². The van der Waals surface area contributed by atoms with Crippen LogP contribution in [-0.4, -0.2) is 36.1 Å². The molecule has 104 valence electrons. The van der Waals surface area contributed by atoms with Crippen molar-refractivity contribution in [1.82, 2.24) is 0 Å². The van der Waals surface area contributed by atoms with Crippen LogP contribution in [0, 0.1) is 0 Å². The number of aliphatic hydroxyl groups excluding tert-OH is 2. The second kappa shape index (κ2) is 12.3. The molecule has 0 saturated heterocycles. The van der Waals surface area contributed by atoms with Crippen LogP contribution in [0.1, 0.15) is 64.7 Å². The van der Waals surface area contributed by atoms with E-state index in [9.17, 15) is 5.11 Å². The molecule has 0 aliphatic rings. The fourth-order valence-electron chi connectivity index (χ4n) is 2.03. The van der Waals surface area contributed by atoms with Gasteiger partial charge in [0.15, 0.2) is 0 Å². The maximum atomic E-state index is 9.70. The van der Waals surface area contributed by atoms with Crippen molar-refractivity contribution < 1.29 is 14.9 Å². The first kappa shape index (κ1) is 16.9. The first-order chi connectivity index (χ1) is 8.26. The van der Waals surface area contributed by atoms with Crippen LogP contribution in [0.3, 0.4) is 0 Å². The zero-order valence-corrected chi connectivity index (χ0v) is 11.5. The van der Waals surface area contributed by atoms with Crippen molar-refractivity contribution in [3.63, 3.8) is 0 Å². The number of hydrogen-bond acceptors (Lipinski definition) is 3. The van der Waals surface area contributed by atoms with E-state index in [0.29, 0.717) is 0 Å². The van der Waals surface area contributed by atoms with Crippen LogP contribution in [0.15, 0.2) is 0 Å². The number of ether oxygens (including phenoxy) is 1. The van der Waals surface area contributed by atoms with E-state index >= 15 is 0 Å². The highest BCUT2D eigenvalue weighted by Crippen LogP contribution is 2.12. The van der Waals surface area contributed by atoms with Crippen LogP contribution in [0.25, 0.3) is 0 Å². The minimum atomic E-state index is -0.523. The summed E-state index contributed by atoms with van der Waals surface area (Å²) in [6, 6.07) is 0. The smallest absolute Gasteiger partial charge is 0.106 e. The van der Waals surface area contributed by atoms with Gasteiger partial charge in [0.05, 0.1) is 12.7 Å². The number of unbranched alkanes of at least 4 members (excludes halogenated alkanes) is 7. The Morgan fingerprint density at radius 2 is 1.47 bits per heavy atom. The largest absolute Gasteiger partial charge is 0.394 e. The molecule has 0 saturated carbocycles. The third-order valence-electron chi connectivity index (χ3n) is 3.27. The molecule has 0 bridgehead atoms. The zero-order chi connectivity index (χ0) is 12.9. The van der Waals surface area contributed by atoms with Crippen LogP contribution in [0.4, 0.5) is 0 Å². The quantitative estimate of drug-likeness (QED) is 0.521. The lowest BCUT2D eigenvalue weighted by Crippen LogP contribution is -2.31. The summed E-state index contributed by atoms with van der Waals surface area (Å²) < 4.78 is 4.98. The Labute approximate surface area is 106 Å². The number of aliphatic hydroxyl groups is 2. The maximum absolute atomic E-state index is 9.70. The third-order valence-corrected chi connectivity index (χ3v) is 3.27. The Hall–Kier alpha value is -0.120. The van der Waals surface area contributed by atoms with Gasteiger partial charge < -0.3 is 14.9 Å². The predicted octanol–water partition coefficient (Wildman–Crippen LogP) is 2.89. The van der Waals surface area contributed by atoms with E-state index in [4.69, 9.17) is 9.84 Å². The highest BCUT2D eigenvalue weighted by Gasteiger charge is 2.16. The van der Waals surface area contributed by atoms with Crippen LogP contribution >= 0.6 is 0 Å². The summed E-state index contributed by atoms with van der Waals surface area (Å²) in [5, 5.41) is 18.6. The summed E-state index contributed by atoms with van der Waals surface area (Å²) in [6.07, 6.45) is 9.90. The van der Waals surface area contributed by atoms with Gasteiger partial charge in [0.25, 0.3) is 0 Å². The molecule has 0 fully saturated rings. The summed E-state index contributed by atoms with van der Waals surface area (Å²) in [7, 11) is 1.53. The standard InChI is InChI=1S/C14H30O3/c1-3-4-5-6-7-8-9-10-11-13(16)14(12-15)17-2/h13-16H,3-12H2,1-2H3/t13?,14-/m0/s1. The first-order valence-electron chi connectivity index (χ1n) is 7.08. The van der Waals surface area contributed by atoms with Gasteiger partial charge in [-0.3, -0.25) is 0 Å². The summed E-state index contributed by atoms with van der Waals surface area (Å²) in [6.45, 7) is 2.13. The molecule has 0 spiro atoms. The van der Waals surface area contributed by atoms with E-state index in [-0.39, 0.29) is 6.61 Å². The molecule has 3 heteroatoms. The Bertz CT molecular complexity index is 146. The predicted molar refractivity (Wildman–Crippen MR) is 71.1 cm³/mol. The topological polar surface area (TPSA) is 49.7 Å². The van der Waals surface area contributed by atoms with Crippen molar-refractivity contribution in [1.29, 1.82) is 0 Å². The van der Waals surface area contributed by atoms with Crippen LogP contribution in [-0.2, 0) is 4.74 Å². The SMILES string of the molecule is CCCCCCCCCCC(O)[C@H](CO)OC. The van der Waals surface area contributed by atoms with Crippen molar-refractivity contribution in [2.75, 3.05) is 13.7 Å². The molecule has 0 rings (SSSR count). The number of rotatable bonds is 12. The lowest BCUT2D eigenvalue weighted by Gasteiger charge is -2.19. The van der Waals surface area contributed by atoms with Crippen molar-refractivity contribution in [3.05, 3.63) is 0 Å². The van der Waals surface area contributed by atoms with Gasteiger partial charge in [0, 0.05) is 7.11 Å². The molecule has 2 atom stereocenters. The molecule has 3 nitrogen and oxygen atoms in total. The monoisotopic (exact) mass is 246 g/mol. The number of methoxy groups -OCH3 is 1. The summed E-state index contributed by atoms with van der Waals surface area (Å²) in [5.74, 6) is 0. The molecule has 0 radical (unpaired) electrons. The van der Waals surface area contributed by atoms with E-state index in [2.05, 4.69) is 6.92 Å². The summed E-state index contributed by atoms with van der Waals surface area (Å²) in [4.78, 5) is 0. The van der Waals surface area contributed by atoms with Crippen LogP contribution in [0.2, 0.25) is 0 Å². The minimum absolute atomic E-state index is 0.102. The highest BCUT2D eigenvalue weighted by molar-refractivity contribution is 4.67. The lowest BCUT2D eigenvalue weighted by molar-refractivity contribution is -0.0445. The Morgan fingerprint density at radius 3 is 1.94 bits per heavy atom. The minimum Gasteiger partial charge on any atom is -0.394 e. The van der Waals surface area contributed by atoms with Crippen LogP contribution in [0.5, 0.6) is 0 Å². The number of hydrogen-bond donors (Lipinski definition) is 2. The van der Waals surface area contributed by atoms with Crippen molar-refractivity contribution in [3.8, 4) is 0 Å². The molecule has 0 amide bonds. The molecular weight excluding hydrogens is 216 g/mol. The average molecular weight is 246 g/mol. The van der Waals surface area contributed by atoms with Crippen molar-refractivity contribution in [2.24, 2.45) is 0 Å². The molecular formula is C14H30O3. The Balaban J connectivity index is 3.27. The van der Waals surface area contributed by atoms with Gasteiger partial charge in [0.1, 0.15) is 6.10 Å². The molecule has 0 aliphatic carbocycles. The van der Waals surface area contributed by atoms with E-state index < -0.39 is 12.2 Å². The normalized spacial score (nSPS) is 14.8. The Kier molecular flexibility index (Phi) is 12.3. The van der Waals surface area contributed by atoms with Gasteiger partial charge in [-0.15, -0.1) is 0 Å². The molecule has 17 heavy (non-hydrogen) atoms. The Morgan fingerprint density at radius 1 is 0.941 bits per heavy atom. The zero-order valence-electron chi connectivity index (χ0n) is 11.5. The first-order valence-corrected chi connectivity index (χ1v) is 7.08. The van der Waals surface area contributed by atoms with Gasteiger partial charge in [-0.2, -0.15) is 0 Å². The third kappa shape index (κ3) is 9.57. The molecule has 0 aromatic heterocycles. The molecule has 1 unspecified atom stereocenters. The van der Waals surface area contributed by atoms with Gasteiger partial charge in [0.2, 0.25) is 0 Å². The van der Waals surface area contributed by atoms with Gasteiger partial charge >= 0.3 is 0 Å². The maximum Gasteiger partial charge on any atom is 0.106 e. The van der Waals surface area contributed by atoms with Crippen molar-refractivity contribution in [2.45, 2.75) is 76.9 Å². The molecule has 0 aromatic carbocycles. The fraction of sp³-hybridized carbons (Fsp3) is 1.00. The lowest BCUT2D eigenvalue weighted by atomic mass is 10.0. The average Bonchev–Trinajstić information content (AvgIpc) is 2.34. The van der Waals surface area contributed by atoms with Crippen molar-refractivity contribution >= 4 is 0 Å². The fourth-order valence-corrected chi connectivity index (χ4v) is 2.03. The second-order valence-electron chi connectivity index (χ2n) is 4.79. The molecule has 0 aromatic rings. The van der Waals surface area contributed by atoms with Gasteiger partial charge in [-0.1, -0.05) is 58.3 Å². The van der Waals surface area contributed by atoms with Gasteiger partial charge in [-0.05, 0) is 6.42 Å². The van der Waals surface area contributed by atoms with E-state index in [1.165, 1.54) is 52.1 Å². The second-order valence-corrected chi connectivity index (χ2v) is 4.79. The molecule has 0 heterocycles. The van der Waals surface area contributed by atoms with Crippen LogP contribution < -0.4 is 0 Å². The highest BCUT2D eigenvalue weighted by atomic mass is 16.5.